The Labute approximate surface area is 172 Å². The van der Waals surface area contributed by atoms with Gasteiger partial charge in [0.15, 0.2) is 0 Å². The molecule has 2 aromatic carbocycles. The predicted octanol–water partition coefficient (Wildman–Crippen LogP) is 5.61. The Hall–Kier alpha value is -2.17. The van der Waals surface area contributed by atoms with Crippen molar-refractivity contribution in [3.63, 3.8) is 0 Å². The first-order valence-corrected chi connectivity index (χ1v) is 11.0. The van der Waals surface area contributed by atoms with Crippen LogP contribution in [0.15, 0.2) is 54.0 Å². The van der Waals surface area contributed by atoms with E-state index in [0.29, 0.717) is 0 Å². The first kappa shape index (κ1) is 19.2. The van der Waals surface area contributed by atoms with Crippen molar-refractivity contribution in [2.24, 2.45) is 0 Å². The van der Waals surface area contributed by atoms with Gasteiger partial charge in [-0.15, -0.1) is 11.3 Å². The van der Waals surface area contributed by atoms with Crippen LogP contribution >= 0.6 is 11.3 Å². The highest BCUT2D eigenvalue weighted by molar-refractivity contribution is 7.09. The Bertz CT molecular complexity index is 891. The largest absolute Gasteiger partial charge is 0.493 e. The number of rotatable bonds is 2. The van der Waals surface area contributed by atoms with E-state index < -0.39 is 0 Å². The van der Waals surface area contributed by atoms with Crippen molar-refractivity contribution in [1.29, 1.82) is 0 Å². The molecular weight excluding hydrogens is 364 g/mol. The monoisotopic (exact) mass is 392 g/mol. The fourth-order valence-corrected chi connectivity index (χ4v) is 4.49. The van der Waals surface area contributed by atoms with E-state index in [-0.39, 0.29) is 0 Å². The molecule has 28 heavy (non-hydrogen) atoms. The third-order valence-electron chi connectivity index (χ3n) is 5.23. The van der Waals surface area contributed by atoms with E-state index >= 15 is 0 Å². The maximum absolute atomic E-state index is 6.15. The molecule has 0 spiro atoms. The molecule has 4 rings (SSSR count). The van der Waals surface area contributed by atoms with E-state index in [4.69, 9.17) is 4.74 Å². The molecule has 4 heteroatoms. The van der Waals surface area contributed by atoms with E-state index in [1.807, 2.05) is 6.20 Å². The van der Waals surface area contributed by atoms with Gasteiger partial charge in [0.25, 0.3) is 0 Å². The smallest absolute Gasteiger partial charge is 0.122 e. The minimum Gasteiger partial charge on any atom is -0.493 e. The van der Waals surface area contributed by atoms with Gasteiger partial charge in [-0.05, 0) is 55.5 Å². The second-order valence-electron chi connectivity index (χ2n) is 7.65. The Morgan fingerprint density at radius 1 is 1.07 bits per heavy atom. The molecule has 0 fully saturated rings. The van der Waals surface area contributed by atoms with Crippen LogP contribution in [0.25, 0.3) is 0 Å². The summed E-state index contributed by atoms with van der Waals surface area (Å²) in [6.45, 7) is 5.95. The number of nitrogens with zero attached hydrogens (tertiary/aromatic N) is 2. The lowest BCUT2D eigenvalue weighted by molar-refractivity contribution is 0.243. The van der Waals surface area contributed by atoms with E-state index in [1.54, 1.807) is 11.3 Å². The summed E-state index contributed by atoms with van der Waals surface area (Å²) in [5.74, 6) is 1.04. The van der Waals surface area contributed by atoms with Crippen LogP contribution in [0.1, 0.15) is 46.5 Å². The van der Waals surface area contributed by atoms with Crippen molar-refractivity contribution in [3.8, 4) is 5.75 Å². The van der Waals surface area contributed by atoms with Crippen LogP contribution in [0, 0.1) is 6.92 Å². The van der Waals surface area contributed by atoms with Crippen LogP contribution in [0.5, 0.6) is 5.75 Å². The summed E-state index contributed by atoms with van der Waals surface area (Å²) in [7, 11) is 0. The SMILES string of the molecule is Cc1ccc2c(c1)Cc1cccc(c1)CN(Cc1nccs1)CCCCCO2. The van der Waals surface area contributed by atoms with Crippen molar-refractivity contribution in [2.45, 2.75) is 45.7 Å². The molecule has 2 heterocycles. The van der Waals surface area contributed by atoms with Gasteiger partial charge in [0.2, 0.25) is 0 Å². The van der Waals surface area contributed by atoms with Crippen LogP contribution in [0.2, 0.25) is 0 Å². The van der Waals surface area contributed by atoms with Crippen LogP contribution in [-0.2, 0) is 19.5 Å². The van der Waals surface area contributed by atoms with Gasteiger partial charge in [-0.1, -0.05) is 42.0 Å². The van der Waals surface area contributed by atoms with Crippen LogP contribution < -0.4 is 4.74 Å². The number of aromatic nitrogens is 1. The summed E-state index contributed by atoms with van der Waals surface area (Å²) in [6, 6.07) is 15.6. The van der Waals surface area contributed by atoms with Gasteiger partial charge in [0.1, 0.15) is 10.8 Å². The first-order valence-electron chi connectivity index (χ1n) is 10.2. The highest BCUT2D eigenvalue weighted by atomic mass is 32.1. The summed E-state index contributed by atoms with van der Waals surface area (Å²) in [5, 5.41) is 3.27. The molecule has 0 radical (unpaired) electrons. The average Bonchev–Trinajstić information content (AvgIpc) is 3.18. The average molecular weight is 393 g/mol. The summed E-state index contributed by atoms with van der Waals surface area (Å²) in [4.78, 5) is 7.02. The zero-order valence-corrected chi connectivity index (χ0v) is 17.4. The highest BCUT2D eigenvalue weighted by Gasteiger charge is 2.12. The van der Waals surface area contributed by atoms with Gasteiger partial charge in [0.05, 0.1) is 13.2 Å². The fourth-order valence-electron chi connectivity index (χ4n) is 3.84. The molecular formula is C24H28N2OS. The number of thiazole rings is 1. The highest BCUT2D eigenvalue weighted by Crippen LogP contribution is 2.25. The van der Waals surface area contributed by atoms with E-state index in [9.17, 15) is 0 Å². The maximum Gasteiger partial charge on any atom is 0.122 e. The van der Waals surface area contributed by atoms with Crippen LogP contribution in [0.4, 0.5) is 0 Å². The van der Waals surface area contributed by atoms with Gasteiger partial charge < -0.3 is 4.74 Å². The van der Waals surface area contributed by atoms with Crippen molar-refractivity contribution in [1.82, 2.24) is 9.88 Å². The maximum atomic E-state index is 6.15. The molecule has 0 amide bonds. The number of hydrogen-bond acceptors (Lipinski definition) is 4. The standard InChI is InChI=1S/C24H28N2OS/c1-19-8-9-23-22(14-19)16-20-6-5-7-21(15-20)17-26(11-3-2-4-12-27-23)18-24-25-10-13-28-24/h5-10,13-15H,2-4,11-12,16-18H2,1H3. The molecule has 0 saturated carbocycles. The van der Waals surface area contributed by atoms with E-state index in [2.05, 4.69) is 64.7 Å². The summed E-state index contributed by atoms with van der Waals surface area (Å²) in [5.41, 5.74) is 5.29. The Morgan fingerprint density at radius 3 is 2.89 bits per heavy atom. The molecule has 0 aliphatic carbocycles. The Morgan fingerprint density at radius 2 is 2.00 bits per heavy atom. The molecule has 1 aliphatic rings. The molecule has 2 bridgehead atoms. The topological polar surface area (TPSA) is 25.4 Å². The van der Waals surface area contributed by atoms with Gasteiger partial charge in [0, 0.05) is 24.5 Å². The van der Waals surface area contributed by atoms with Gasteiger partial charge in [-0.3, -0.25) is 4.90 Å². The molecule has 146 valence electrons. The van der Waals surface area contributed by atoms with Gasteiger partial charge >= 0.3 is 0 Å². The zero-order valence-electron chi connectivity index (χ0n) is 16.6. The second-order valence-corrected chi connectivity index (χ2v) is 8.63. The van der Waals surface area contributed by atoms with E-state index in [0.717, 1.165) is 44.8 Å². The molecule has 0 N–H and O–H groups in total. The van der Waals surface area contributed by atoms with Crippen molar-refractivity contribution in [3.05, 3.63) is 81.3 Å². The third-order valence-corrected chi connectivity index (χ3v) is 5.99. The number of benzene rings is 2. The molecule has 1 aliphatic heterocycles. The van der Waals surface area contributed by atoms with Crippen LogP contribution in [-0.4, -0.2) is 23.0 Å². The predicted molar refractivity (Wildman–Crippen MR) is 116 cm³/mol. The fraction of sp³-hybridized carbons (Fsp3) is 0.375. The Balaban J connectivity index is 1.58. The van der Waals surface area contributed by atoms with E-state index in [1.165, 1.54) is 40.1 Å². The normalized spacial score (nSPS) is 16.0. The number of fused-ring (bicyclic) bond motifs is 3. The summed E-state index contributed by atoms with van der Waals surface area (Å²) >= 11 is 1.75. The number of ether oxygens (including phenoxy) is 1. The summed E-state index contributed by atoms with van der Waals surface area (Å²) in [6.07, 6.45) is 6.30. The minimum absolute atomic E-state index is 0.794. The minimum atomic E-state index is 0.794. The molecule has 1 aromatic heterocycles. The Kier molecular flexibility index (Phi) is 6.40. The quantitative estimate of drug-likeness (QED) is 0.567. The van der Waals surface area contributed by atoms with Crippen molar-refractivity contribution < 1.29 is 4.74 Å². The number of hydrogen-bond donors (Lipinski definition) is 0. The second kappa shape index (κ2) is 9.35. The molecule has 0 unspecified atom stereocenters. The number of aryl methyl sites for hydroxylation is 1. The molecule has 3 nitrogen and oxygen atoms in total. The molecule has 0 saturated heterocycles. The lowest BCUT2D eigenvalue weighted by Gasteiger charge is -2.22. The lowest BCUT2D eigenvalue weighted by atomic mass is 10.00. The van der Waals surface area contributed by atoms with Gasteiger partial charge in [-0.25, -0.2) is 4.98 Å². The lowest BCUT2D eigenvalue weighted by Crippen LogP contribution is -2.24. The van der Waals surface area contributed by atoms with Crippen LogP contribution in [0.3, 0.4) is 0 Å². The first-order chi connectivity index (χ1) is 13.8. The summed E-state index contributed by atoms with van der Waals surface area (Å²) < 4.78 is 6.15. The molecule has 3 aromatic rings. The van der Waals surface area contributed by atoms with Crippen molar-refractivity contribution >= 4 is 11.3 Å². The third kappa shape index (κ3) is 5.21. The van der Waals surface area contributed by atoms with Gasteiger partial charge in [-0.2, -0.15) is 0 Å². The van der Waals surface area contributed by atoms with Crippen molar-refractivity contribution in [2.75, 3.05) is 13.2 Å². The molecule has 0 atom stereocenters. The zero-order chi connectivity index (χ0) is 19.2.